The first-order valence-corrected chi connectivity index (χ1v) is 10.3. The number of carbonyl (C=O) groups is 2. The Bertz CT molecular complexity index is 623. The van der Waals surface area contributed by atoms with Crippen LogP contribution >= 0.6 is 11.3 Å². The van der Waals surface area contributed by atoms with Gasteiger partial charge in [-0.05, 0) is 62.7 Å². The van der Waals surface area contributed by atoms with E-state index in [9.17, 15) is 9.59 Å². The first-order valence-electron chi connectivity index (χ1n) is 9.40. The SMILES string of the molecule is CN1CCC2(CCCN(C(=O)c3ccsc3)[C@@H]2CNC(=O)N(C)C)CC1. The van der Waals surface area contributed by atoms with Gasteiger partial charge in [0.05, 0.1) is 11.6 Å². The number of nitrogens with zero attached hydrogens (tertiary/aromatic N) is 3. The normalized spacial score (nSPS) is 23.0. The van der Waals surface area contributed by atoms with E-state index in [2.05, 4.69) is 17.3 Å². The van der Waals surface area contributed by atoms with Crippen LogP contribution in [0.4, 0.5) is 4.79 Å². The van der Waals surface area contributed by atoms with Crippen molar-refractivity contribution < 1.29 is 9.59 Å². The fraction of sp³-hybridized carbons (Fsp3) is 0.684. The third-order valence-electron chi connectivity index (χ3n) is 6.02. The molecule has 6 nitrogen and oxygen atoms in total. The van der Waals surface area contributed by atoms with Crippen molar-refractivity contribution in [2.45, 2.75) is 31.7 Å². The maximum absolute atomic E-state index is 13.1. The van der Waals surface area contributed by atoms with Gasteiger partial charge in [-0.1, -0.05) is 0 Å². The minimum Gasteiger partial charge on any atom is -0.336 e. The van der Waals surface area contributed by atoms with Crippen LogP contribution in [-0.4, -0.2) is 80.0 Å². The van der Waals surface area contributed by atoms with E-state index in [0.29, 0.717) is 6.54 Å². The lowest BCUT2D eigenvalue weighted by molar-refractivity contribution is -0.0179. The largest absolute Gasteiger partial charge is 0.336 e. The van der Waals surface area contributed by atoms with Crippen molar-refractivity contribution in [3.8, 4) is 0 Å². The molecule has 7 heteroatoms. The molecule has 2 saturated heterocycles. The summed E-state index contributed by atoms with van der Waals surface area (Å²) < 4.78 is 0. The van der Waals surface area contributed by atoms with Gasteiger partial charge in [0, 0.05) is 32.6 Å². The lowest BCUT2D eigenvalue weighted by Gasteiger charge is -2.53. The van der Waals surface area contributed by atoms with Crippen LogP contribution in [0.1, 0.15) is 36.0 Å². The van der Waals surface area contributed by atoms with Gasteiger partial charge in [0.1, 0.15) is 0 Å². The van der Waals surface area contributed by atoms with Gasteiger partial charge in [-0.2, -0.15) is 11.3 Å². The number of hydrogen-bond donors (Lipinski definition) is 1. The highest BCUT2D eigenvalue weighted by Crippen LogP contribution is 2.44. The Labute approximate surface area is 160 Å². The van der Waals surface area contributed by atoms with Crippen molar-refractivity contribution >= 4 is 23.3 Å². The molecule has 1 spiro atoms. The quantitative estimate of drug-likeness (QED) is 0.878. The molecule has 1 atom stereocenters. The minimum atomic E-state index is -0.0958. The first kappa shape index (κ1) is 19.2. The number of nitrogens with one attached hydrogen (secondary N) is 1. The first-order chi connectivity index (χ1) is 12.4. The van der Waals surface area contributed by atoms with E-state index >= 15 is 0 Å². The number of thiophene rings is 1. The second-order valence-electron chi connectivity index (χ2n) is 7.88. The number of likely N-dealkylation sites (tertiary alicyclic amines) is 2. The second-order valence-corrected chi connectivity index (χ2v) is 8.66. The Morgan fingerprint density at radius 1 is 1.27 bits per heavy atom. The van der Waals surface area contributed by atoms with Crippen molar-refractivity contribution in [3.05, 3.63) is 22.4 Å². The molecule has 2 aliphatic rings. The number of hydrogen-bond acceptors (Lipinski definition) is 4. The third-order valence-corrected chi connectivity index (χ3v) is 6.70. The van der Waals surface area contributed by atoms with E-state index in [1.807, 2.05) is 21.7 Å². The van der Waals surface area contributed by atoms with Crippen molar-refractivity contribution in [1.29, 1.82) is 0 Å². The zero-order valence-electron chi connectivity index (χ0n) is 16.0. The molecular formula is C19H30N4O2S. The molecule has 2 fully saturated rings. The lowest BCUT2D eigenvalue weighted by Crippen LogP contribution is -2.61. The molecule has 0 radical (unpaired) electrons. The minimum absolute atomic E-state index is 0.0567. The number of rotatable bonds is 3. The second kappa shape index (κ2) is 7.96. The van der Waals surface area contributed by atoms with Gasteiger partial charge in [-0.15, -0.1) is 0 Å². The Morgan fingerprint density at radius 3 is 2.62 bits per heavy atom. The number of piperidine rings is 2. The van der Waals surface area contributed by atoms with Crippen molar-refractivity contribution in [2.75, 3.05) is 47.3 Å². The highest BCUT2D eigenvalue weighted by atomic mass is 32.1. The smallest absolute Gasteiger partial charge is 0.316 e. The molecule has 1 aromatic rings. The summed E-state index contributed by atoms with van der Waals surface area (Å²) in [5.74, 6) is 0.105. The highest BCUT2D eigenvalue weighted by molar-refractivity contribution is 7.08. The Kier molecular flexibility index (Phi) is 5.87. The molecule has 144 valence electrons. The molecule has 0 saturated carbocycles. The van der Waals surface area contributed by atoms with Crippen LogP contribution in [0.15, 0.2) is 16.8 Å². The zero-order chi connectivity index (χ0) is 18.7. The molecule has 0 bridgehead atoms. The average molecular weight is 379 g/mol. The fourth-order valence-electron chi connectivity index (χ4n) is 4.37. The Balaban J connectivity index is 1.83. The number of amides is 3. The Hall–Kier alpha value is -1.60. The maximum atomic E-state index is 13.1. The van der Waals surface area contributed by atoms with Gasteiger partial charge < -0.3 is 20.0 Å². The highest BCUT2D eigenvalue weighted by Gasteiger charge is 2.47. The summed E-state index contributed by atoms with van der Waals surface area (Å²) >= 11 is 1.55. The summed E-state index contributed by atoms with van der Waals surface area (Å²) in [5, 5.41) is 6.92. The molecule has 3 heterocycles. The number of urea groups is 1. The summed E-state index contributed by atoms with van der Waals surface area (Å²) in [5.41, 5.74) is 0.875. The monoisotopic (exact) mass is 378 g/mol. The van der Waals surface area contributed by atoms with E-state index < -0.39 is 0 Å². The van der Waals surface area contributed by atoms with Crippen LogP contribution in [0.3, 0.4) is 0 Å². The van der Waals surface area contributed by atoms with Crippen molar-refractivity contribution in [2.24, 2.45) is 5.41 Å². The molecule has 3 rings (SSSR count). The predicted molar refractivity (Wildman–Crippen MR) is 105 cm³/mol. The fourth-order valence-corrected chi connectivity index (χ4v) is 5.00. The van der Waals surface area contributed by atoms with E-state index in [1.165, 1.54) is 0 Å². The van der Waals surface area contributed by atoms with E-state index in [-0.39, 0.29) is 23.4 Å². The van der Waals surface area contributed by atoms with Crippen LogP contribution < -0.4 is 5.32 Å². The number of carbonyl (C=O) groups excluding carboxylic acids is 2. The van der Waals surface area contributed by atoms with Crippen LogP contribution in [0.25, 0.3) is 0 Å². The van der Waals surface area contributed by atoms with Crippen LogP contribution in [-0.2, 0) is 0 Å². The molecule has 2 aliphatic heterocycles. The molecule has 0 unspecified atom stereocenters. The van der Waals surface area contributed by atoms with Gasteiger partial charge >= 0.3 is 6.03 Å². The maximum Gasteiger partial charge on any atom is 0.316 e. The van der Waals surface area contributed by atoms with E-state index in [1.54, 1.807) is 30.3 Å². The van der Waals surface area contributed by atoms with E-state index in [4.69, 9.17) is 0 Å². The molecular weight excluding hydrogens is 348 g/mol. The van der Waals surface area contributed by atoms with Gasteiger partial charge in [0.25, 0.3) is 5.91 Å². The van der Waals surface area contributed by atoms with Crippen molar-refractivity contribution in [1.82, 2.24) is 20.0 Å². The summed E-state index contributed by atoms with van der Waals surface area (Å²) in [7, 11) is 5.65. The topological polar surface area (TPSA) is 55.9 Å². The third kappa shape index (κ3) is 3.88. The molecule has 26 heavy (non-hydrogen) atoms. The molecule has 1 N–H and O–H groups in total. The van der Waals surface area contributed by atoms with Crippen molar-refractivity contribution in [3.63, 3.8) is 0 Å². The summed E-state index contributed by atoms with van der Waals surface area (Å²) in [6, 6.07) is 1.86. The Morgan fingerprint density at radius 2 is 2.00 bits per heavy atom. The summed E-state index contributed by atoms with van der Waals surface area (Å²) in [6.07, 6.45) is 4.34. The van der Waals surface area contributed by atoms with Crippen LogP contribution in [0.2, 0.25) is 0 Å². The van der Waals surface area contributed by atoms with Crippen LogP contribution in [0, 0.1) is 5.41 Å². The van der Waals surface area contributed by atoms with Gasteiger partial charge in [0.2, 0.25) is 0 Å². The van der Waals surface area contributed by atoms with Gasteiger partial charge in [-0.25, -0.2) is 4.79 Å². The summed E-state index contributed by atoms with van der Waals surface area (Å²) in [4.78, 5) is 31.2. The molecule has 3 amide bonds. The average Bonchev–Trinajstić information content (AvgIpc) is 3.16. The molecule has 1 aromatic heterocycles. The standard InChI is InChI=1S/C19H30N4O2S/c1-21(2)18(25)20-13-16-19(7-10-22(3)11-8-19)6-4-9-23(16)17(24)15-5-12-26-14-15/h5,12,14,16H,4,6-11,13H2,1-3H3,(H,20,25)/t16-/m1/s1. The lowest BCUT2D eigenvalue weighted by atomic mass is 9.66. The predicted octanol–water partition coefficient (Wildman–Crippen LogP) is 2.34. The summed E-state index contributed by atoms with van der Waals surface area (Å²) in [6.45, 7) is 3.41. The van der Waals surface area contributed by atoms with E-state index in [0.717, 1.165) is 50.9 Å². The van der Waals surface area contributed by atoms with Gasteiger partial charge in [0.15, 0.2) is 0 Å². The van der Waals surface area contributed by atoms with Crippen LogP contribution in [0.5, 0.6) is 0 Å². The van der Waals surface area contributed by atoms with Gasteiger partial charge in [-0.3, -0.25) is 4.79 Å². The molecule has 0 aliphatic carbocycles. The zero-order valence-corrected chi connectivity index (χ0v) is 16.8. The molecule has 0 aromatic carbocycles.